The monoisotopic (exact) mass is 350 g/mol. The van der Waals surface area contributed by atoms with Gasteiger partial charge in [-0.05, 0) is 44.0 Å². The van der Waals surface area contributed by atoms with Crippen molar-refractivity contribution in [3.63, 3.8) is 0 Å². The molecule has 6 nitrogen and oxygen atoms in total. The third-order valence-electron chi connectivity index (χ3n) is 4.61. The standard InChI is InChI=1S/C20H22N4O2/c1-15-2-4-16(5-3-15)20-23-22-19(26-20)14-24-12-8-18(9-13-24)25-17-6-10-21-11-7-17/h2-7,10-11,18H,8-9,12-14H2,1H3. The van der Waals surface area contributed by atoms with Crippen molar-refractivity contribution >= 4 is 0 Å². The van der Waals surface area contributed by atoms with Crippen LogP contribution >= 0.6 is 0 Å². The van der Waals surface area contributed by atoms with Crippen LogP contribution in [0.5, 0.6) is 5.75 Å². The van der Waals surface area contributed by atoms with E-state index in [2.05, 4.69) is 27.0 Å². The Labute approximate surface area is 152 Å². The number of hydrogen-bond acceptors (Lipinski definition) is 6. The summed E-state index contributed by atoms with van der Waals surface area (Å²) in [6, 6.07) is 11.9. The number of aromatic nitrogens is 3. The van der Waals surface area contributed by atoms with Gasteiger partial charge in [0.05, 0.1) is 6.54 Å². The van der Waals surface area contributed by atoms with Crippen molar-refractivity contribution in [2.45, 2.75) is 32.4 Å². The van der Waals surface area contributed by atoms with Crippen LogP contribution in [0, 0.1) is 6.92 Å². The first-order valence-electron chi connectivity index (χ1n) is 8.95. The second-order valence-electron chi connectivity index (χ2n) is 6.64. The molecule has 2 aromatic heterocycles. The topological polar surface area (TPSA) is 64.3 Å². The van der Waals surface area contributed by atoms with Gasteiger partial charge >= 0.3 is 0 Å². The first kappa shape index (κ1) is 16.7. The van der Waals surface area contributed by atoms with E-state index >= 15 is 0 Å². The molecule has 0 bridgehead atoms. The molecule has 1 saturated heterocycles. The molecular formula is C20H22N4O2. The van der Waals surface area contributed by atoms with Crippen LogP contribution in [0.4, 0.5) is 0 Å². The average Bonchev–Trinajstić information content (AvgIpc) is 3.13. The Morgan fingerprint density at radius 2 is 1.77 bits per heavy atom. The molecule has 134 valence electrons. The molecule has 3 aromatic rings. The fourth-order valence-electron chi connectivity index (χ4n) is 3.12. The van der Waals surface area contributed by atoms with Gasteiger partial charge in [0, 0.05) is 31.0 Å². The number of rotatable bonds is 5. The zero-order valence-electron chi connectivity index (χ0n) is 14.8. The van der Waals surface area contributed by atoms with Gasteiger partial charge in [0.25, 0.3) is 0 Å². The van der Waals surface area contributed by atoms with E-state index < -0.39 is 0 Å². The Morgan fingerprint density at radius 1 is 1.04 bits per heavy atom. The van der Waals surface area contributed by atoms with Gasteiger partial charge in [-0.25, -0.2) is 0 Å². The van der Waals surface area contributed by atoms with Gasteiger partial charge in [-0.15, -0.1) is 10.2 Å². The third kappa shape index (κ3) is 4.08. The summed E-state index contributed by atoms with van der Waals surface area (Å²) < 4.78 is 11.8. The van der Waals surface area contributed by atoms with E-state index in [0.717, 1.165) is 37.2 Å². The van der Waals surface area contributed by atoms with E-state index in [1.165, 1.54) is 5.56 Å². The van der Waals surface area contributed by atoms with Crippen molar-refractivity contribution in [2.75, 3.05) is 13.1 Å². The van der Waals surface area contributed by atoms with Gasteiger partial charge in [0.1, 0.15) is 11.9 Å². The van der Waals surface area contributed by atoms with Crippen LogP contribution in [0.25, 0.3) is 11.5 Å². The largest absolute Gasteiger partial charge is 0.490 e. The first-order valence-corrected chi connectivity index (χ1v) is 8.95. The van der Waals surface area contributed by atoms with E-state index in [1.807, 2.05) is 36.4 Å². The van der Waals surface area contributed by atoms with Crippen molar-refractivity contribution < 1.29 is 9.15 Å². The van der Waals surface area contributed by atoms with Gasteiger partial charge in [0.15, 0.2) is 0 Å². The number of pyridine rings is 1. The molecule has 1 fully saturated rings. The minimum atomic E-state index is 0.249. The van der Waals surface area contributed by atoms with Gasteiger partial charge in [-0.3, -0.25) is 9.88 Å². The molecule has 1 aliphatic heterocycles. The lowest BCUT2D eigenvalue weighted by molar-refractivity contribution is 0.0919. The van der Waals surface area contributed by atoms with Crippen molar-refractivity contribution in [3.05, 3.63) is 60.2 Å². The Balaban J connectivity index is 1.30. The second kappa shape index (κ2) is 7.66. The second-order valence-corrected chi connectivity index (χ2v) is 6.64. The SMILES string of the molecule is Cc1ccc(-c2nnc(CN3CCC(Oc4ccncc4)CC3)o2)cc1. The summed E-state index contributed by atoms with van der Waals surface area (Å²) in [6.07, 6.45) is 5.74. The minimum absolute atomic E-state index is 0.249. The number of benzene rings is 1. The summed E-state index contributed by atoms with van der Waals surface area (Å²) in [5.74, 6) is 2.13. The lowest BCUT2D eigenvalue weighted by atomic mass is 10.1. The highest BCUT2D eigenvalue weighted by Crippen LogP contribution is 2.21. The van der Waals surface area contributed by atoms with Crippen LogP contribution in [0.1, 0.15) is 24.3 Å². The van der Waals surface area contributed by atoms with Crippen LogP contribution in [0.3, 0.4) is 0 Å². The van der Waals surface area contributed by atoms with Crippen molar-refractivity contribution in [3.8, 4) is 17.2 Å². The lowest BCUT2D eigenvalue weighted by Gasteiger charge is -2.31. The zero-order chi connectivity index (χ0) is 17.8. The smallest absolute Gasteiger partial charge is 0.247 e. The zero-order valence-corrected chi connectivity index (χ0v) is 14.8. The van der Waals surface area contributed by atoms with Crippen molar-refractivity contribution in [1.29, 1.82) is 0 Å². The maximum absolute atomic E-state index is 6.01. The number of likely N-dealkylation sites (tertiary alicyclic amines) is 1. The molecule has 0 N–H and O–H groups in total. The molecule has 0 spiro atoms. The fraction of sp³-hybridized carbons (Fsp3) is 0.350. The number of ether oxygens (including phenoxy) is 1. The van der Waals surface area contributed by atoms with Crippen LogP contribution in [-0.2, 0) is 6.54 Å². The van der Waals surface area contributed by atoms with Gasteiger partial charge in [-0.2, -0.15) is 0 Å². The Bertz CT molecular complexity index is 825. The number of piperidine rings is 1. The van der Waals surface area contributed by atoms with Crippen molar-refractivity contribution in [1.82, 2.24) is 20.1 Å². The number of aryl methyl sites for hydroxylation is 1. The predicted octanol–water partition coefficient (Wildman–Crippen LogP) is 3.48. The molecule has 1 aromatic carbocycles. The number of hydrogen-bond donors (Lipinski definition) is 0. The quantitative estimate of drug-likeness (QED) is 0.702. The molecule has 3 heterocycles. The first-order chi connectivity index (χ1) is 12.8. The highest BCUT2D eigenvalue weighted by molar-refractivity contribution is 5.52. The molecule has 0 atom stereocenters. The van der Waals surface area contributed by atoms with Crippen LogP contribution < -0.4 is 4.74 Å². The maximum Gasteiger partial charge on any atom is 0.247 e. The summed E-state index contributed by atoms with van der Waals surface area (Å²) in [5, 5.41) is 8.38. The molecule has 26 heavy (non-hydrogen) atoms. The third-order valence-corrected chi connectivity index (χ3v) is 4.61. The molecule has 0 unspecified atom stereocenters. The number of nitrogens with zero attached hydrogens (tertiary/aromatic N) is 4. The molecular weight excluding hydrogens is 328 g/mol. The Hall–Kier alpha value is -2.73. The molecule has 6 heteroatoms. The average molecular weight is 350 g/mol. The van der Waals surface area contributed by atoms with E-state index in [9.17, 15) is 0 Å². The summed E-state index contributed by atoms with van der Waals surface area (Å²) in [5.41, 5.74) is 2.17. The minimum Gasteiger partial charge on any atom is -0.490 e. The molecule has 4 rings (SSSR count). The molecule has 1 aliphatic rings. The fourth-order valence-corrected chi connectivity index (χ4v) is 3.12. The van der Waals surface area contributed by atoms with Crippen LogP contribution in [0.2, 0.25) is 0 Å². The summed E-state index contributed by atoms with van der Waals surface area (Å²) in [6.45, 7) is 4.65. The van der Waals surface area contributed by atoms with Crippen LogP contribution in [-0.4, -0.2) is 39.3 Å². The molecule has 0 amide bonds. The Kier molecular flexibility index (Phi) is 4.93. The van der Waals surface area contributed by atoms with Gasteiger partial charge in [0.2, 0.25) is 11.8 Å². The molecule has 0 radical (unpaired) electrons. The van der Waals surface area contributed by atoms with E-state index in [1.54, 1.807) is 12.4 Å². The highest BCUT2D eigenvalue weighted by Gasteiger charge is 2.22. The van der Waals surface area contributed by atoms with Crippen molar-refractivity contribution in [2.24, 2.45) is 0 Å². The van der Waals surface area contributed by atoms with E-state index in [0.29, 0.717) is 18.3 Å². The summed E-state index contributed by atoms with van der Waals surface area (Å²) in [4.78, 5) is 6.35. The summed E-state index contributed by atoms with van der Waals surface area (Å²) >= 11 is 0. The van der Waals surface area contributed by atoms with Gasteiger partial charge < -0.3 is 9.15 Å². The Morgan fingerprint density at radius 3 is 2.50 bits per heavy atom. The normalized spacial score (nSPS) is 15.9. The van der Waals surface area contributed by atoms with Crippen LogP contribution in [0.15, 0.2) is 53.2 Å². The summed E-state index contributed by atoms with van der Waals surface area (Å²) in [7, 11) is 0. The molecule has 0 saturated carbocycles. The van der Waals surface area contributed by atoms with E-state index in [-0.39, 0.29) is 6.10 Å². The van der Waals surface area contributed by atoms with Gasteiger partial charge in [-0.1, -0.05) is 17.7 Å². The lowest BCUT2D eigenvalue weighted by Crippen LogP contribution is -2.37. The molecule has 0 aliphatic carbocycles. The predicted molar refractivity (Wildman–Crippen MR) is 97.6 cm³/mol. The highest BCUT2D eigenvalue weighted by atomic mass is 16.5. The maximum atomic E-state index is 6.01. The van der Waals surface area contributed by atoms with E-state index in [4.69, 9.17) is 9.15 Å².